The van der Waals surface area contributed by atoms with Gasteiger partial charge in [-0.15, -0.1) is 0 Å². The highest BCUT2D eigenvalue weighted by molar-refractivity contribution is 5.54. The molecule has 20 heavy (non-hydrogen) atoms. The van der Waals surface area contributed by atoms with Gasteiger partial charge in [-0.2, -0.15) is 0 Å². The minimum absolute atomic E-state index is 0.195. The summed E-state index contributed by atoms with van der Waals surface area (Å²) in [6, 6.07) is 5.44. The number of nitrogens with zero attached hydrogens (tertiary/aromatic N) is 3. The lowest BCUT2D eigenvalue weighted by atomic mass is 10.1. The fraction of sp³-hybridized carbons (Fsp3) is 0.429. The van der Waals surface area contributed by atoms with Crippen molar-refractivity contribution in [2.45, 2.75) is 13.0 Å². The van der Waals surface area contributed by atoms with Crippen molar-refractivity contribution in [3.63, 3.8) is 0 Å². The Morgan fingerprint density at radius 2 is 2.10 bits per heavy atom. The smallest absolute Gasteiger partial charge is 0.265 e. The Morgan fingerprint density at radius 1 is 1.35 bits per heavy atom. The van der Waals surface area contributed by atoms with E-state index in [0.29, 0.717) is 17.0 Å². The molecule has 1 fully saturated rings. The average Bonchev–Trinajstić information content (AvgIpc) is 2.47. The second-order valence-corrected chi connectivity index (χ2v) is 5.00. The Morgan fingerprint density at radius 3 is 2.80 bits per heavy atom. The third-order valence-electron chi connectivity index (χ3n) is 3.58. The van der Waals surface area contributed by atoms with Crippen molar-refractivity contribution in [3.05, 3.63) is 40.3 Å². The van der Waals surface area contributed by atoms with E-state index in [1.54, 1.807) is 25.3 Å². The molecule has 3 rings (SSSR count). The zero-order valence-electron chi connectivity index (χ0n) is 11.4. The summed E-state index contributed by atoms with van der Waals surface area (Å²) < 4.78 is 1.48. The quantitative estimate of drug-likeness (QED) is 0.816. The van der Waals surface area contributed by atoms with Gasteiger partial charge in [0.25, 0.3) is 5.56 Å². The lowest BCUT2D eigenvalue weighted by molar-refractivity contribution is 0.197. The molecule has 0 aromatic carbocycles. The molecular weight excluding hydrogens is 256 g/mol. The summed E-state index contributed by atoms with van der Waals surface area (Å²) in [6.07, 6.45) is 0.843. The summed E-state index contributed by atoms with van der Waals surface area (Å²) in [5, 5.41) is 13.2. The highest BCUT2D eigenvalue weighted by atomic mass is 16.3. The lowest BCUT2D eigenvalue weighted by Gasteiger charge is -2.30. The van der Waals surface area contributed by atoms with Crippen molar-refractivity contribution < 1.29 is 5.11 Å². The number of aromatic nitrogens is 2. The number of hydrogen-bond acceptors (Lipinski definition) is 5. The molecule has 0 bridgehead atoms. The molecule has 6 heteroatoms. The van der Waals surface area contributed by atoms with Gasteiger partial charge >= 0.3 is 0 Å². The van der Waals surface area contributed by atoms with Crippen molar-refractivity contribution in [1.82, 2.24) is 14.7 Å². The number of anilines is 1. The number of piperazine rings is 1. The van der Waals surface area contributed by atoms with Crippen LogP contribution in [-0.4, -0.2) is 40.7 Å². The Bertz CT molecular complexity index is 674. The Kier molecular flexibility index (Phi) is 3.42. The predicted octanol–water partition coefficient (Wildman–Crippen LogP) is 0.157. The molecule has 2 N–H and O–H groups in total. The van der Waals surface area contributed by atoms with E-state index in [1.165, 1.54) is 4.40 Å². The number of rotatable bonds is 2. The molecule has 1 saturated heterocycles. The number of hydrogen-bond donors (Lipinski definition) is 2. The summed E-state index contributed by atoms with van der Waals surface area (Å²) >= 11 is 0. The van der Waals surface area contributed by atoms with Crippen LogP contribution in [0.4, 0.5) is 5.82 Å². The first-order chi connectivity index (χ1) is 9.68. The van der Waals surface area contributed by atoms with Crippen LogP contribution in [0.1, 0.15) is 18.6 Å². The van der Waals surface area contributed by atoms with Crippen LogP contribution in [0.25, 0.3) is 5.65 Å². The summed E-state index contributed by atoms with van der Waals surface area (Å²) in [5.41, 5.74) is 0.783. The Balaban J connectivity index is 2.23. The second kappa shape index (κ2) is 5.22. The zero-order valence-corrected chi connectivity index (χ0v) is 11.4. The summed E-state index contributed by atoms with van der Waals surface area (Å²) in [5.74, 6) is 0.609. The number of aliphatic hydroxyl groups is 1. The molecule has 6 nitrogen and oxygen atoms in total. The van der Waals surface area contributed by atoms with Crippen LogP contribution >= 0.6 is 0 Å². The maximum atomic E-state index is 12.6. The van der Waals surface area contributed by atoms with E-state index < -0.39 is 6.10 Å². The van der Waals surface area contributed by atoms with E-state index in [2.05, 4.69) is 15.2 Å². The standard InChI is InChI=1S/C14H18N4O2/c1-10(19)12-13(17-8-5-15-6-9-17)16-11-4-2-3-7-18(11)14(12)20/h2-4,7,10,15,19H,5-6,8-9H2,1H3. The van der Waals surface area contributed by atoms with Crippen LogP contribution in [0.15, 0.2) is 29.2 Å². The maximum absolute atomic E-state index is 12.6. The normalized spacial score (nSPS) is 17.4. The number of pyridine rings is 1. The molecule has 0 radical (unpaired) electrons. The van der Waals surface area contributed by atoms with Gasteiger partial charge in [0.15, 0.2) is 0 Å². The van der Waals surface area contributed by atoms with Gasteiger partial charge in [0.1, 0.15) is 11.5 Å². The van der Waals surface area contributed by atoms with Crippen molar-refractivity contribution in [2.24, 2.45) is 0 Å². The fourth-order valence-corrected chi connectivity index (χ4v) is 2.57. The first-order valence-electron chi connectivity index (χ1n) is 6.83. The van der Waals surface area contributed by atoms with Crippen molar-refractivity contribution in [1.29, 1.82) is 0 Å². The van der Waals surface area contributed by atoms with Crippen molar-refractivity contribution in [2.75, 3.05) is 31.1 Å². The van der Waals surface area contributed by atoms with Gasteiger partial charge in [-0.25, -0.2) is 4.98 Å². The molecule has 3 heterocycles. The first kappa shape index (κ1) is 13.1. The summed E-state index contributed by atoms with van der Waals surface area (Å²) in [6.45, 7) is 4.90. The maximum Gasteiger partial charge on any atom is 0.265 e. The molecule has 106 valence electrons. The SMILES string of the molecule is CC(O)c1c(N2CCNCC2)nc2ccccn2c1=O. The first-order valence-corrected chi connectivity index (χ1v) is 6.83. The van der Waals surface area contributed by atoms with Gasteiger partial charge in [-0.3, -0.25) is 9.20 Å². The summed E-state index contributed by atoms with van der Waals surface area (Å²) in [7, 11) is 0. The van der Waals surface area contributed by atoms with Crippen LogP contribution in [0, 0.1) is 0 Å². The topological polar surface area (TPSA) is 69.9 Å². The minimum Gasteiger partial charge on any atom is -0.388 e. The molecule has 1 aliphatic heterocycles. The van der Waals surface area contributed by atoms with E-state index in [4.69, 9.17) is 0 Å². The molecule has 1 unspecified atom stereocenters. The number of aliphatic hydroxyl groups excluding tert-OH is 1. The molecule has 2 aromatic rings. The van der Waals surface area contributed by atoms with Crippen molar-refractivity contribution >= 4 is 11.5 Å². The van der Waals surface area contributed by atoms with Gasteiger partial charge in [0.2, 0.25) is 0 Å². The molecule has 0 aliphatic carbocycles. The molecule has 0 saturated carbocycles. The fourth-order valence-electron chi connectivity index (χ4n) is 2.57. The van der Waals surface area contributed by atoms with Crippen molar-refractivity contribution in [3.8, 4) is 0 Å². The third-order valence-corrected chi connectivity index (χ3v) is 3.58. The van der Waals surface area contributed by atoms with Crippen LogP contribution in [0.5, 0.6) is 0 Å². The summed E-state index contributed by atoms with van der Waals surface area (Å²) in [4.78, 5) is 19.2. The van der Waals surface area contributed by atoms with Crippen LogP contribution in [-0.2, 0) is 0 Å². The number of nitrogens with one attached hydrogen (secondary N) is 1. The molecule has 1 atom stereocenters. The monoisotopic (exact) mass is 274 g/mol. The van der Waals surface area contributed by atoms with Crippen LogP contribution in [0.3, 0.4) is 0 Å². The zero-order chi connectivity index (χ0) is 14.1. The average molecular weight is 274 g/mol. The Hall–Kier alpha value is -1.92. The molecule has 0 spiro atoms. The van der Waals surface area contributed by atoms with E-state index >= 15 is 0 Å². The third kappa shape index (κ3) is 2.17. The van der Waals surface area contributed by atoms with Gasteiger partial charge < -0.3 is 15.3 Å². The van der Waals surface area contributed by atoms with Gasteiger partial charge in [0, 0.05) is 32.4 Å². The van der Waals surface area contributed by atoms with E-state index in [-0.39, 0.29) is 5.56 Å². The van der Waals surface area contributed by atoms with Crippen LogP contribution in [0.2, 0.25) is 0 Å². The number of fused-ring (bicyclic) bond motifs is 1. The van der Waals surface area contributed by atoms with Gasteiger partial charge in [-0.05, 0) is 19.1 Å². The van der Waals surface area contributed by atoms with Crippen LogP contribution < -0.4 is 15.8 Å². The van der Waals surface area contributed by atoms with E-state index in [9.17, 15) is 9.90 Å². The highest BCUT2D eigenvalue weighted by Crippen LogP contribution is 2.22. The molecule has 1 aliphatic rings. The molecule has 0 amide bonds. The minimum atomic E-state index is -0.836. The molecular formula is C14H18N4O2. The lowest BCUT2D eigenvalue weighted by Crippen LogP contribution is -2.45. The largest absolute Gasteiger partial charge is 0.388 e. The van der Waals surface area contributed by atoms with Gasteiger partial charge in [0.05, 0.1) is 11.7 Å². The molecule has 2 aromatic heterocycles. The second-order valence-electron chi connectivity index (χ2n) is 5.00. The van der Waals surface area contributed by atoms with E-state index in [0.717, 1.165) is 26.2 Å². The Labute approximate surface area is 116 Å². The highest BCUT2D eigenvalue weighted by Gasteiger charge is 2.22. The van der Waals surface area contributed by atoms with E-state index in [1.807, 2.05) is 6.07 Å². The predicted molar refractivity (Wildman–Crippen MR) is 77.2 cm³/mol. The van der Waals surface area contributed by atoms with Gasteiger partial charge in [-0.1, -0.05) is 6.07 Å².